The highest BCUT2D eigenvalue weighted by Crippen LogP contribution is 2.34. The first kappa shape index (κ1) is 14.3. The van der Waals surface area contributed by atoms with Crippen LogP contribution in [0.3, 0.4) is 0 Å². The third kappa shape index (κ3) is 3.06. The number of carboxylic acid groups (broad SMARTS) is 1. The van der Waals surface area contributed by atoms with E-state index in [0.717, 1.165) is 11.1 Å². The van der Waals surface area contributed by atoms with Gasteiger partial charge in [-0.3, -0.25) is 0 Å². The van der Waals surface area contributed by atoms with Crippen molar-refractivity contribution in [1.82, 2.24) is 9.97 Å². The van der Waals surface area contributed by atoms with Crippen LogP contribution in [0.5, 0.6) is 5.88 Å². The molecule has 10 heteroatoms. The number of alkyl halides is 4. The first-order chi connectivity index (χ1) is 9.28. The van der Waals surface area contributed by atoms with Gasteiger partial charge in [-0.1, -0.05) is 0 Å². The van der Waals surface area contributed by atoms with Gasteiger partial charge in [-0.25, -0.2) is 32.3 Å². The second kappa shape index (κ2) is 5.10. The van der Waals surface area contributed by atoms with E-state index in [1.54, 1.807) is 0 Å². The van der Waals surface area contributed by atoms with E-state index in [1.807, 2.05) is 0 Å². The van der Waals surface area contributed by atoms with Crippen molar-refractivity contribution in [3.63, 3.8) is 0 Å². The molecule has 1 saturated heterocycles. The molecule has 1 N–H and O–H groups in total. The van der Waals surface area contributed by atoms with E-state index in [1.165, 1.54) is 0 Å². The van der Waals surface area contributed by atoms with Gasteiger partial charge in [-0.05, 0) is 0 Å². The van der Waals surface area contributed by atoms with Gasteiger partial charge in [-0.2, -0.15) is 0 Å². The zero-order chi connectivity index (χ0) is 14.9. The summed E-state index contributed by atoms with van der Waals surface area (Å²) in [7, 11) is 0. The topological polar surface area (TPSA) is 75.5 Å². The fourth-order valence-corrected chi connectivity index (χ4v) is 1.59. The Morgan fingerprint density at radius 3 is 2.65 bits per heavy atom. The highest BCUT2D eigenvalue weighted by atomic mass is 19.3. The number of halogens is 4. The molecule has 1 aliphatic rings. The van der Waals surface area contributed by atoms with Crippen molar-refractivity contribution in [3.8, 4) is 5.88 Å². The minimum atomic E-state index is -2.90. The molecule has 6 nitrogen and oxygen atoms in total. The molecule has 0 unspecified atom stereocenters. The summed E-state index contributed by atoms with van der Waals surface area (Å²) in [5.41, 5.74) is -0.523. The van der Waals surface area contributed by atoms with E-state index in [2.05, 4.69) is 14.7 Å². The quantitative estimate of drug-likeness (QED) is 0.825. The lowest BCUT2D eigenvalue weighted by molar-refractivity contribution is -0.0272. The number of anilines is 1. The Hall–Kier alpha value is -2.13. The molecule has 2 rings (SSSR count). The third-order valence-corrected chi connectivity index (χ3v) is 2.43. The van der Waals surface area contributed by atoms with Crippen LogP contribution in [0.25, 0.3) is 0 Å². The van der Waals surface area contributed by atoms with Crippen LogP contribution in [0.15, 0.2) is 6.20 Å². The summed E-state index contributed by atoms with van der Waals surface area (Å²) in [6, 6.07) is 0. The van der Waals surface area contributed by atoms with Crippen LogP contribution >= 0.6 is 0 Å². The normalized spacial score (nSPS) is 16.9. The predicted octanol–water partition coefficient (Wildman–Crippen LogP) is 1.27. The molecule has 1 aromatic heterocycles. The van der Waals surface area contributed by atoms with Crippen molar-refractivity contribution in [2.24, 2.45) is 0 Å². The van der Waals surface area contributed by atoms with Crippen LogP contribution in [-0.2, 0) is 0 Å². The summed E-state index contributed by atoms with van der Waals surface area (Å²) in [5.74, 6) is -5.00. The Morgan fingerprint density at radius 1 is 1.50 bits per heavy atom. The van der Waals surface area contributed by atoms with E-state index in [9.17, 15) is 22.4 Å². The van der Waals surface area contributed by atoms with E-state index < -0.39 is 49.6 Å². The molecule has 0 bridgehead atoms. The maximum Gasteiger partial charge on any atom is 0.356 e. The second-order valence-corrected chi connectivity index (χ2v) is 4.10. The van der Waals surface area contributed by atoms with Crippen molar-refractivity contribution >= 4 is 11.8 Å². The number of nitrogens with zero attached hydrogens (tertiary/aromatic N) is 3. The first-order valence-corrected chi connectivity index (χ1v) is 5.42. The molecule has 0 radical (unpaired) electrons. The van der Waals surface area contributed by atoms with Crippen LogP contribution < -0.4 is 9.64 Å². The average molecular weight is 295 g/mol. The highest BCUT2D eigenvalue weighted by molar-refractivity contribution is 5.85. The van der Waals surface area contributed by atoms with Gasteiger partial charge in [0.25, 0.3) is 18.2 Å². The first-order valence-electron chi connectivity index (χ1n) is 5.42. The molecule has 110 valence electrons. The maximum absolute atomic E-state index is 12.8. The van der Waals surface area contributed by atoms with Crippen LogP contribution in [0, 0.1) is 0 Å². The van der Waals surface area contributed by atoms with Gasteiger partial charge in [-0.15, -0.1) is 0 Å². The third-order valence-electron chi connectivity index (χ3n) is 2.43. The molecule has 0 aliphatic carbocycles. The lowest BCUT2D eigenvalue weighted by atomic mass is 10.1. The largest absolute Gasteiger partial charge is 0.476 e. The van der Waals surface area contributed by atoms with Gasteiger partial charge in [0.2, 0.25) is 0 Å². The van der Waals surface area contributed by atoms with Gasteiger partial charge >= 0.3 is 5.97 Å². The smallest absolute Gasteiger partial charge is 0.356 e. The second-order valence-electron chi connectivity index (χ2n) is 4.10. The Balaban J connectivity index is 2.23. The minimum Gasteiger partial charge on any atom is -0.476 e. The molecular weight excluding hydrogens is 286 g/mol. The summed E-state index contributed by atoms with van der Waals surface area (Å²) in [6.45, 7) is -2.34. The fraction of sp³-hybridized carbons (Fsp3) is 0.500. The molecular formula is C10H9F4N3O3. The van der Waals surface area contributed by atoms with E-state index in [4.69, 9.17) is 5.11 Å². The molecule has 1 aliphatic heterocycles. The van der Waals surface area contributed by atoms with Crippen molar-refractivity contribution in [2.75, 3.05) is 24.6 Å². The number of hydrogen-bond acceptors (Lipinski definition) is 5. The average Bonchev–Trinajstić information content (AvgIpc) is 2.32. The summed E-state index contributed by atoms with van der Waals surface area (Å²) in [4.78, 5) is 18.9. The predicted molar refractivity (Wildman–Crippen MR) is 57.7 cm³/mol. The number of rotatable bonds is 5. The summed E-state index contributed by atoms with van der Waals surface area (Å²) in [6.07, 6.45) is -1.96. The monoisotopic (exact) mass is 295 g/mol. The van der Waals surface area contributed by atoms with Crippen molar-refractivity contribution in [3.05, 3.63) is 11.9 Å². The molecule has 0 atom stereocenters. The molecule has 1 fully saturated rings. The molecule has 2 heterocycles. The summed E-state index contributed by atoms with van der Waals surface area (Å²) < 4.78 is 54.4. The Kier molecular flexibility index (Phi) is 3.64. The molecule has 0 saturated carbocycles. The summed E-state index contributed by atoms with van der Waals surface area (Å²) in [5, 5.41) is 8.73. The molecule has 20 heavy (non-hydrogen) atoms. The van der Waals surface area contributed by atoms with Crippen molar-refractivity contribution in [1.29, 1.82) is 0 Å². The number of hydrogen-bond donors (Lipinski definition) is 1. The highest BCUT2D eigenvalue weighted by Gasteiger charge is 2.45. The summed E-state index contributed by atoms with van der Waals surface area (Å²) >= 11 is 0. The fourth-order valence-electron chi connectivity index (χ4n) is 1.59. The van der Waals surface area contributed by atoms with E-state index in [-0.39, 0.29) is 5.82 Å². The lowest BCUT2D eigenvalue weighted by Crippen LogP contribution is -2.56. The van der Waals surface area contributed by atoms with Crippen molar-refractivity contribution in [2.45, 2.75) is 12.3 Å². The zero-order valence-corrected chi connectivity index (χ0v) is 9.89. The number of carboxylic acids is 1. The van der Waals surface area contributed by atoms with Gasteiger partial charge in [0.05, 0.1) is 19.3 Å². The number of aromatic carboxylic acids is 1. The molecule has 0 aromatic carbocycles. The Labute approximate surface area is 110 Å². The van der Waals surface area contributed by atoms with Crippen molar-refractivity contribution < 1.29 is 32.2 Å². The number of aromatic nitrogens is 2. The molecule has 0 spiro atoms. The number of ether oxygens (including phenoxy) is 1. The van der Waals surface area contributed by atoms with Gasteiger partial charge in [0.15, 0.2) is 18.1 Å². The standard InChI is InChI=1S/C10H9F4N3O3/c11-6(12)2-20-8-7(17-3-10(13,14)4-17)15-1-5(16-8)9(18)19/h1,6H,2-4H2,(H,18,19). The maximum atomic E-state index is 12.8. The Morgan fingerprint density at radius 2 is 2.15 bits per heavy atom. The minimum absolute atomic E-state index is 0.179. The number of carbonyl (C=O) groups is 1. The van der Waals surface area contributed by atoms with Gasteiger partial charge in [0.1, 0.15) is 0 Å². The van der Waals surface area contributed by atoms with Crippen LogP contribution in [0.1, 0.15) is 10.5 Å². The van der Waals surface area contributed by atoms with Gasteiger partial charge < -0.3 is 14.7 Å². The van der Waals surface area contributed by atoms with Crippen LogP contribution in [-0.4, -0.2) is 53.1 Å². The lowest BCUT2D eigenvalue weighted by Gasteiger charge is -2.39. The molecule has 0 amide bonds. The van der Waals surface area contributed by atoms with E-state index >= 15 is 0 Å². The van der Waals surface area contributed by atoms with Gasteiger partial charge in [0, 0.05) is 0 Å². The van der Waals surface area contributed by atoms with E-state index in [0.29, 0.717) is 0 Å². The van der Waals surface area contributed by atoms with Crippen LogP contribution in [0.4, 0.5) is 23.4 Å². The Bertz CT molecular complexity index is 518. The zero-order valence-electron chi connectivity index (χ0n) is 9.89. The van der Waals surface area contributed by atoms with Crippen LogP contribution in [0.2, 0.25) is 0 Å². The SMILES string of the molecule is O=C(O)c1cnc(N2CC(F)(F)C2)c(OCC(F)F)n1. The molecule has 1 aromatic rings.